The third kappa shape index (κ3) is 3.68. The van der Waals surface area contributed by atoms with Crippen LogP contribution in [-0.4, -0.2) is 63.2 Å². The van der Waals surface area contributed by atoms with Crippen LogP contribution in [0.5, 0.6) is 0 Å². The van der Waals surface area contributed by atoms with Gasteiger partial charge in [0.15, 0.2) is 11.4 Å². The van der Waals surface area contributed by atoms with E-state index in [2.05, 4.69) is 32.8 Å². The molecule has 1 N–H and O–H groups in total. The zero-order valence-corrected chi connectivity index (χ0v) is 17.7. The topological polar surface area (TPSA) is 87.1 Å². The number of rotatable bonds is 4. The number of anilines is 1. The highest BCUT2D eigenvalue weighted by Crippen LogP contribution is 2.26. The molecule has 31 heavy (non-hydrogen) atoms. The Labute approximate surface area is 179 Å². The maximum Gasteiger partial charge on any atom is 0.344 e. The summed E-state index contributed by atoms with van der Waals surface area (Å²) < 4.78 is 7.52. The summed E-state index contributed by atoms with van der Waals surface area (Å²) >= 11 is 0. The van der Waals surface area contributed by atoms with E-state index in [9.17, 15) is 9.90 Å². The van der Waals surface area contributed by atoms with Gasteiger partial charge in [-0.1, -0.05) is 6.07 Å². The first-order valence-electron chi connectivity index (χ1n) is 10.5. The van der Waals surface area contributed by atoms with Gasteiger partial charge < -0.3 is 18.8 Å². The fourth-order valence-electron chi connectivity index (χ4n) is 4.31. The lowest BCUT2D eigenvalue weighted by atomic mass is 10.1. The molecule has 0 radical (unpaired) electrons. The molecule has 4 heterocycles. The summed E-state index contributed by atoms with van der Waals surface area (Å²) in [5.41, 5.74) is 2.83. The van der Waals surface area contributed by atoms with Gasteiger partial charge in [-0.25, -0.2) is 9.78 Å². The van der Waals surface area contributed by atoms with Gasteiger partial charge in [-0.05, 0) is 37.4 Å². The van der Waals surface area contributed by atoms with Crippen molar-refractivity contribution in [3.63, 3.8) is 0 Å². The zero-order chi connectivity index (χ0) is 21.5. The predicted octanol–water partition coefficient (Wildman–Crippen LogP) is 2.31. The average Bonchev–Trinajstić information content (AvgIpc) is 3.18. The normalized spacial score (nSPS) is 17.6. The highest BCUT2D eigenvalue weighted by molar-refractivity contribution is 5.87. The summed E-state index contributed by atoms with van der Waals surface area (Å²) in [5, 5.41) is 10.6. The van der Waals surface area contributed by atoms with Crippen molar-refractivity contribution in [3.05, 3.63) is 59.0 Å². The number of piperazine rings is 1. The van der Waals surface area contributed by atoms with E-state index in [0.717, 1.165) is 36.4 Å². The van der Waals surface area contributed by atoms with Gasteiger partial charge in [-0.15, -0.1) is 0 Å². The molecule has 0 aliphatic carbocycles. The molecule has 0 spiro atoms. The number of aliphatic hydroxyl groups excluding tert-OH is 1. The quantitative estimate of drug-likeness (QED) is 0.543. The minimum absolute atomic E-state index is 0.173. The van der Waals surface area contributed by atoms with E-state index in [0.29, 0.717) is 35.1 Å². The van der Waals surface area contributed by atoms with Crippen LogP contribution in [0.25, 0.3) is 27.9 Å². The maximum atomic E-state index is 12.8. The number of benzene rings is 1. The Kier molecular flexibility index (Phi) is 4.95. The molecule has 8 heteroatoms. The van der Waals surface area contributed by atoms with Gasteiger partial charge >= 0.3 is 5.63 Å². The molecule has 1 atom stereocenters. The molecule has 1 aromatic carbocycles. The summed E-state index contributed by atoms with van der Waals surface area (Å²) in [7, 11) is 0. The maximum absolute atomic E-state index is 12.8. The second-order valence-corrected chi connectivity index (χ2v) is 8.14. The van der Waals surface area contributed by atoms with Crippen molar-refractivity contribution in [2.75, 3.05) is 37.7 Å². The molecule has 1 saturated heterocycles. The van der Waals surface area contributed by atoms with Crippen LogP contribution in [0.2, 0.25) is 0 Å². The number of hydrogen-bond donors (Lipinski definition) is 1. The summed E-state index contributed by atoms with van der Waals surface area (Å²) in [6.45, 7) is 7.53. The standard InChI is InChI=1S/C23H25N5O3/c1-15-12-28-14-20(25-22(28)11-24-15)21-9-17-3-4-18(10-19(17)23(30)31-21)27-6-5-26(7-8-29)16(2)13-27/h3-4,9-12,14,16,29H,5-8,13H2,1-2H3/t16-/m1/s1. The van der Waals surface area contributed by atoms with Gasteiger partial charge in [0.1, 0.15) is 5.69 Å². The van der Waals surface area contributed by atoms with E-state index in [1.807, 2.05) is 41.9 Å². The van der Waals surface area contributed by atoms with Crippen molar-refractivity contribution in [1.82, 2.24) is 19.3 Å². The average molecular weight is 419 g/mol. The van der Waals surface area contributed by atoms with Gasteiger partial charge in [0.25, 0.3) is 0 Å². The molecule has 1 fully saturated rings. The molecule has 0 amide bonds. The Balaban J connectivity index is 1.47. The molecule has 1 aliphatic heterocycles. The Bertz CT molecular complexity index is 1310. The van der Waals surface area contributed by atoms with Crippen LogP contribution >= 0.6 is 0 Å². The van der Waals surface area contributed by atoms with E-state index < -0.39 is 0 Å². The first-order chi connectivity index (χ1) is 15.0. The summed E-state index contributed by atoms with van der Waals surface area (Å²) in [4.78, 5) is 26.2. The van der Waals surface area contributed by atoms with E-state index in [1.54, 1.807) is 6.20 Å². The SMILES string of the molecule is Cc1cn2cc(-c3cc4ccc(N5CCN(CCO)[C@H](C)C5)cc4c(=O)o3)nc2cn1. The summed E-state index contributed by atoms with van der Waals surface area (Å²) in [5.74, 6) is 0.442. The highest BCUT2D eigenvalue weighted by Gasteiger charge is 2.23. The van der Waals surface area contributed by atoms with Crippen LogP contribution in [0.15, 0.2) is 52.1 Å². The molecule has 0 saturated carbocycles. The third-order valence-corrected chi connectivity index (χ3v) is 5.99. The second-order valence-electron chi connectivity index (χ2n) is 8.14. The first kappa shape index (κ1) is 19.7. The number of β-amino-alcohol motifs (C(OH)–C–C–N with tert-alkyl or cyclic N) is 1. The minimum Gasteiger partial charge on any atom is -0.421 e. The second kappa shape index (κ2) is 7.79. The monoisotopic (exact) mass is 419 g/mol. The molecular formula is C23H25N5O3. The van der Waals surface area contributed by atoms with Gasteiger partial charge in [0.2, 0.25) is 0 Å². The van der Waals surface area contributed by atoms with Crippen molar-refractivity contribution in [1.29, 1.82) is 0 Å². The van der Waals surface area contributed by atoms with Gasteiger partial charge in [-0.2, -0.15) is 0 Å². The van der Waals surface area contributed by atoms with Crippen LogP contribution < -0.4 is 10.5 Å². The van der Waals surface area contributed by atoms with Crippen LogP contribution in [0.1, 0.15) is 12.6 Å². The van der Waals surface area contributed by atoms with Crippen molar-refractivity contribution in [2.24, 2.45) is 0 Å². The minimum atomic E-state index is -0.368. The zero-order valence-electron chi connectivity index (χ0n) is 17.7. The number of imidazole rings is 1. The highest BCUT2D eigenvalue weighted by atomic mass is 16.4. The number of hydrogen-bond acceptors (Lipinski definition) is 7. The molecule has 0 bridgehead atoms. The lowest BCUT2D eigenvalue weighted by Gasteiger charge is -2.40. The molecule has 8 nitrogen and oxygen atoms in total. The van der Waals surface area contributed by atoms with Crippen molar-refractivity contribution < 1.29 is 9.52 Å². The van der Waals surface area contributed by atoms with Crippen LogP contribution in [-0.2, 0) is 0 Å². The molecule has 5 rings (SSSR count). The van der Waals surface area contributed by atoms with E-state index in [4.69, 9.17) is 4.42 Å². The predicted molar refractivity (Wildman–Crippen MR) is 120 cm³/mol. The number of aliphatic hydroxyl groups is 1. The van der Waals surface area contributed by atoms with Gasteiger partial charge in [0, 0.05) is 50.3 Å². The van der Waals surface area contributed by atoms with Crippen molar-refractivity contribution in [2.45, 2.75) is 19.9 Å². The third-order valence-electron chi connectivity index (χ3n) is 5.99. The summed E-state index contributed by atoms with van der Waals surface area (Å²) in [6, 6.07) is 8.14. The van der Waals surface area contributed by atoms with E-state index >= 15 is 0 Å². The van der Waals surface area contributed by atoms with Gasteiger partial charge in [-0.3, -0.25) is 9.88 Å². The molecule has 160 valence electrons. The van der Waals surface area contributed by atoms with Gasteiger partial charge in [0.05, 0.1) is 23.9 Å². The fourth-order valence-corrected chi connectivity index (χ4v) is 4.31. The van der Waals surface area contributed by atoms with Crippen LogP contribution in [0.4, 0.5) is 5.69 Å². The number of nitrogens with zero attached hydrogens (tertiary/aromatic N) is 5. The van der Waals surface area contributed by atoms with Crippen molar-refractivity contribution >= 4 is 22.1 Å². The smallest absolute Gasteiger partial charge is 0.344 e. The van der Waals surface area contributed by atoms with E-state index in [-0.39, 0.29) is 12.2 Å². The fraction of sp³-hybridized carbons (Fsp3) is 0.348. The molecule has 4 aromatic rings. The Hall–Kier alpha value is -3.23. The summed E-state index contributed by atoms with van der Waals surface area (Å²) in [6.07, 6.45) is 5.43. The lowest BCUT2D eigenvalue weighted by molar-refractivity contribution is 0.146. The Morgan fingerprint density at radius 3 is 2.90 bits per heavy atom. The molecule has 1 aliphatic rings. The number of aryl methyl sites for hydroxylation is 1. The molecular weight excluding hydrogens is 394 g/mol. The lowest BCUT2D eigenvalue weighted by Crippen LogP contribution is -2.52. The number of fused-ring (bicyclic) bond motifs is 2. The Morgan fingerprint density at radius 1 is 1.23 bits per heavy atom. The number of aromatic nitrogens is 3. The van der Waals surface area contributed by atoms with E-state index in [1.165, 1.54) is 0 Å². The molecule has 3 aromatic heterocycles. The first-order valence-corrected chi connectivity index (χ1v) is 10.5. The largest absolute Gasteiger partial charge is 0.421 e. The van der Waals surface area contributed by atoms with Crippen molar-refractivity contribution in [3.8, 4) is 11.5 Å². The Morgan fingerprint density at radius 2 is 2.10 bits per heavy atom. The van der Waals surface area contributed by atoms with Crippen LogP contribution in [0.3, 0.4) is 0 Å². The molecule has 0 unspecified atom stereocenters. The van der Waals surface area contributed by atoms with Crippen LogP contribution in [0, 0.1) is 6.92 Å².